The van der Waals surface area contributed by atoms with Gasteiger partial charge >= 0.3 is 39.9 Å². The molecule has 0 rings (SSSR count). The maximum atomic E-state index is 0. The van der Waals surface area contributed by atoms with E-state index in [4.69, 9.17) is 0 Å². The molecule has 6 heavy (non-hydrogen) atoms. The van der Waals surface area contributed by atoms with Gasteiger partial charge in [0.15, 0.2) is 0 Å². The van der Waals surface area contributed by atoms with E-state index < -0.39 is 0 Å². The van der Waals surface area contributed by atoms with E-state index in [2.05, 4.69) is 0 Å². The minimum atomic E-state index is 0. The quantitative estimate of drug-likeness (QED) is 0.308. The summed E-state index contributed by atoms with van der Waals surface area (Å²) in [6.07, 6.45) is 0. The summed E-state index contributed by atoms with van der Waals surface area (Å²) in [5.41, 5.74) is 0. The first-order chi connectivity index (χ1) is 0. The third-order valence-corrected chi connectivity index (χ3v) is 0. The topological polar surface area (TPSA) is 126 Å². The summed E-state index contributed by atoms with van der Waals surface area (Å²) >= 11 is 0. The van der Waals surface area contributed by atoms with Gasteiger partial charge in [-0.2, -0.15) is 0 Å². The third kappa shape index (κ3) is 31.6. The van der Waals surface area contributed by atoms with Crippen molar-refractivity contribution in [3.05, 3.63) is 0 Å². The van der Waals surface area contributed by atoms with Crippen LogP contribution in [0.4, 0.5) is 0 Å². The third-order valence-electron chi connectivity index (χ3n) is 0. The second kappa shape index (κ2) is 50.9. The molecule has 0 heterocycles. The molecule has 0 spiro atoms. The Morgan fingerprint density at radius 1 is 0.500 bits per heavy atom. The molecular formula is H8O4Th2+4. The SMILES string of the molecule is O.O.O.O.[Th+4].[Th]. The van der Waals surface area contributed by atoms with Crippen molar-refractivity contribution in [2.45, 2.75) is 0 Å². The van der Waals surface area contributed by atoms with Crippen LogP contribution in [0, 0.1) is 79.9 Å². The van der Waals surface area contributed by atoms with Crippen molar-refractivity contribution in [1.29, 1.82) is 0 Å². The smallest absolute Gasteiger partial charge is 0.412 e. The van der Waals surface area contributed by atoms with Crippen molar-refractivity contribution in [2.24, 2.45) is 0 Å². The molecule has 0 aromatic heterocycles. The van der Waals surface area contributed by atoms with Crippen LogP contribution in [0.3, 0.4) is 0 Å². The molecule has 0 saturated carbocycles. The van der Waals surface area contributed by atoms with E-state index in [0.29, 0.717) is 0 Å². The molecule has 6 heteroatoms. The minimum Gasteiger partial charge on any atom is -0.412 e. The summed E-state index contributed by atoms with van der Waals surface area (Å²) in [5, 5.41) is 0. The second-order valence-electron chi connectivity index (χ2n) is 0. The zero-order chi connectivity index (χ0) is 0. The zero-order valence-corrected chi connectivity index (χ0v) is 11.2. The Morgan fingerprint density at radius 3 is 0.500 bits per heavy atom. The minimum absolute atomic E-state index is 0. The molecule has 0 saturated heterocycles. The summed E-state index contributed by atoms with van der Waals surface area (Å²) in [5.74, 6) is 0. The largest absolute Gasteiger partial charge is 4.00 e. The van der Waals surface area contributed by atoms with E-state index in [9.17, 15) is 0 Å². The Hall–Kier alpha value is 2.49. The summed E-state index contributed by atoms with van der Waals surface area (Å²) in [6, 6.07) is 0. The van der Waals surface area contributed by atoms with Gasteiger partial charge < -0.3 is 21.9 Å². The van der Waals surface area contributed by atoms with Gasteiger partial charge in [0, 0.05) is 39.9 Å². The molecule has 0 unspecified atom stereocenters. The Balaban J connectivity index is 0. The Bertz CT molecular complexity index is 5.51. The molecular weight excluding hydrogens is 528 g/mol. The van der Waals surface area contributed by atoms with Gasteiger partial charge in [0.05, 0.1) is 0 Å². The first-order valence-corrected chi connectivity index (χ1v) is 0. The molecule has 0 fully saturated rings. The molecule has 8 N–H and O–H groups in total. The Labute approximate surface area is 99.7 Å². The van der Waals surface area contributed by atoms with Gasteiger partial charge in [-0.3, -0.25) is 0 Å². The van der Waals surface area contributed by atoms with Crippen LogP contribution in [0.2, 0.25) is 0 Å². The van der Waals surface area contributed by atoms with Crippen molar-refractivity contribution in [1.82, 2.24) is 0 Å². The average Bonchev–Trinajstić information content (AvgIpc) is 0. The first kappa shape index (κ1) is 76.8. The van der Waals surface area contributed by atoms with Crippen LogP contribution >= 0.6 is 0 Å². The summed E-state index contributed by atoms with van der Waals surface area (Å²) in [4.78, 5) is 0. The van der Waals surface area contributed by atoms with Crippen molar-refractivity contribution in [2.75, 3.05) is 0 Å². The number of hydrogen-bond acceptors (Lipinski definition) is 0. The molecule has 0 bridgehead atoms. The summed E-state index contributed by atoms with van der Waals surface area (Å²) in [7, 11) is 0. The maximum absolute atomic E-state index is 0. The molecule has 0 radical (unpaired) electrons. The summed E-state index contributed by atoms with van der Waals surface area (Å²) in [6.45, 7) is 0. The molecule has 0 atom stereocenters. The van der Waals surface area contributed by atoms with E-state index in [1.165, 1.54) is 0 Å². The number of rotatable bonds is 0. The monoisotopic (exact) mass is 536 g/mol. The normalized spacial score (nSPS) is 0. The van der Waals surface area contributed by atoms with Crippen molar-refractivity contribution < 1.29 is 102 Å². The van der Waals surface area contributed by atoms with E-state index in [1.807, 2.05) is 0 Å². The van der Waals surface area contributed by atoms with Crippen LogP contribution in [0.1, 0.15) is 0 Å². The Morgan fingerprint density at radius 2 is 0.500 bits per heavy atom. The zero-order valence-electron chi connectivity index (χ0n) is 3.00. The van der Waals surface area contributed by atoms with Crippen LogP contribution in [-0.2, 0) is 0 Å². The van der Waals surface area contributed by atoms with Crippen LogP contribution in [0.25, 0.3) is 0 Å². The standard InChI is InChI=1S/4H2O.2Th/h4*1H2;;/q;;;;;+4. The average molecular weight is 536 g/mol. The predicted octanol–water partition coefficient (Wildman–Crippen LogP) is -3.30. The van der Waals surface area contributed by atoms with Gasteiger partial charge in [-0.1, -0.05) is 0 Å². The van der Waals surface area contributed by atoms with Gasteiger partial charge in [0.2, 0.25) is 0 Å². The molecule has 0 aromatic rings. The molecule has 0 aromatic carbocycles. The van der Waals surface area contributed by atoms with Crippen molar-refractivity contribution >= 4 is 0 Å². The van der Waals surface area contributed by atoms with Crippen LogP contribution in [0.15, 0.2) is 0 Å². The summed E-state index contributed by atoms with van der Waals surface area (Å²) < 4.78 is 0. The van der Waals surface area contributed by atoms with E-state index in [-0.39, 0.29) is 102 Å². The van der Waals surface area contributed by atoms with Crippen molar-refractivity contribution in [3.8, 4) is 0 Å². The van der Waals surface area contributed by atoms with Gasteiger partial charge in [-0.05, 0) is 0 Å². The molecule has 0 amide bonds. The molecule has 4 nitrogen and oxygen atoms in total. The first-order valence-electron chi connectivity index (χ1n) is 0. The van der Waals surface area contributed by atoms with Gasteiger partial charge in [0.1, 0.15) is 0 Å². The van der Waals surface area contributed by atoms with Gasteiger partial charge in [0.25, 0.3) is 0 Å². The van der Waals surface area contributed by atoms with E-state index >= 15 is 0 Å². The fraction of sp³-hybridized carbons (Fsp3) is 0. The molecule has 0 aliphatic rings. The number of hydrogen-bond donors (Lipinski definition) is 0. The van der Waals surface area contributed by atoms with Crippen LogP contribution in [0.5, 0.6) is 0 Å². The fourth-order valence-corrected chi connectivity index (χ4v) is 0. The second-order valence-corrected chi connectivity index (χ2v) is 0. The Kier molecular flexibility index (Phi) is 652. The molecule has 36 valence electrons. The fourth-order valence-electron chi connectivity index (χ4n) is 0. The van der Waals surface area contributed by atoms with E-state index in [1.54, 1.807) is 0 Å². The maximum Gasteiger partial charge on any atom is 4.00 e. The van der Waals surface area contributed by atoms with Gasteiger partial charge in [-0.15, -0.1) is 0 Å². The molecule has 0 aliphatic carbocycles. The molecule has 0 aliphatic heterocycles. The van der Waals surface area contributed by atoms with E-state index in [0.717, 1.165) is 0 Å². The van der Waals surface area contributed by atoms with Gasteiger partial charge in [-0.25, -0.2) is 0 Å². The van der Waals surface area contributed by atoms with Crippen molar-refractivity contribution in [3.63, 3.8) is 0 Å². The predicted molar refractivity (Wildman–Crippen MR) is 14.5 cm³/mol. The van der Waals surface area contributed by atoms with Crippen LogP contribution < -0.4 is 0 Å². The van der Waals surface area contributed by atoms with Crippen LogP contribution in [-0.4, -0.2) is 21.9 Å².